The standard InChI is InChI=1S/C15H12FN3O6/c16-18-14(20)12-4-5-13(17-7-12)9-24-15(21)11-3-1-2-10(6-11)8-25-19(22)23/h1-7H,8-9H2,(H,18,20). The Morgan fingerprint density at radius 2 is 2.00 bits per heavy atom. The molecule has 1 aromatic heterocycles. The predicted molar refractivity (Wildman–Crippen MR) is 80.2 cm³/mol. The van der Waals surface area contributed by atoms with E-state index < -0.39 is 17.0 Å². The van der Waals surface area contributed by atoms with Gasteiger partial charge in [-0.05, 0) is 29.8 Å². The Bertz CT molecular complexity index is 781. The van der Waals surface area contributed by atoms with E-state index in [1.165, 1.54) is 30.3 Å². The fourth-order valence-corrected chi connectivity index (χ4v) is 1.84. The molecule has 0 aliphatic heterocycles. The Kier molecular flexibility index (Phi) is 5.93. The topological polar surface area (TPSA) is 121 Å². The molecule has 25 heavy (non-hydrogen) atoms. The van der Waals surface area contributed by atoms with Gasteiger partial charge in [0, 0.05) is 6.20 Å². The second kappa shape index (κ2) is 8.34. The van der Waals surface area contributed by atoms with E-state index in [0.717, 1.165) is 11.7 Å². The number of hydrogen-bond donors (Lipinski definition) is 1. The van der Waals surface area contributed by atoms with E-state index in [2.05, 4.69) is 9.82 Å². The Morgan fingerprint density at radius 3 is 2.64 bits per heavy atom. The molecule has 0 fully saturated rings. The number of halogens is 1. The van der Waals surface area contributed by atoms with Gasteiger partial charge in [0.1, 0.15) is 13.2 Å². The zero-order valence-corrected chi connectivity index (χ0v) is 12.7. The molecule has 0 spiro atoms. The second-order valence-electron chi connectivity index (χ2n) is 4.74. The smallest absolute Gasteiger partial charge is 0.338 e. The molecule has 1 amide bonds. The lowest BCUT2D eigenvalue weighted by Gasteiger charge is -2.06. The zero-order valence-electron chi connectivity index (χ0n) is 12.7. The molecule has 0 saturated carbocycles. The molecule has 1 aromatic carbocycles. The van der Waals surface area contributed by atoms with Crippen molar-refractivity contribution in [1.29, 1.82) is 0 Å². The fourth-order valence-electron chi connectivity index (χ4n) is 1.84. The molecule has 130 valence electrons. The number of nitrogens with zero attached hydrogens (tertiary/aromatic N) is 2. The van der Waals surface area contributed by atoms with Crippen LogP contribution in [-0.4, -0.2) is 21.9 Å². The van der Waals surface area contributed by atoms with Gasteiger partial charge in [-0.2, -0.15) is 5.54 Å². The highest BCUT2D eigenvalue weighted by atomic mass is 19.2. The minimum Gasteiger partial charge on any atom is -0.456 e. The molecule has 0 saturated heterocycles. The van der Waals surface area contributed by atoms with Gasteiger partial charge in [0.25, 0.3) is 11.0 Å². The molecule has 0 atom stereocenters. The molecule has 0 unspecified atom stereocenters. The van der Waals surface area contributed by atoms with Crippen molar-refractivity contribution in [3.05, 3.63) is 75.1 Å². The number of aromatic nitrogens is 1. The van der Waals surface area contributed by atoms with Crippen LogP contribution in [0.2, 0.25) is 0 Å². The summed E-state index contributed by atoms with van der Waals surface area (Å²) in [6.07, 6.45) is 1.15. The van der Waals surface area contributed by atoms with E-state index in [9.17, 15) is 24.2 Å². The van der Waals surface area contributed by atoms with Crippen molar-refractivity contribution in [3.63, 3.8) is 0 Å². The number of esters is 1. The minimum atomic E-state index is -0.927. The third kappa shape index (κ3) is 5.23. The Labute approximate surface area is 140 Å². The summed E-state index contributed by atoms with van der Waals surface area (Å²) in [6.45, 7) is -0.445. The van der Waals surface area contributed by atoms with Crippen molar-refractivity contribution in [3.8, 4) is 0 Å². The summed E-state index contributed by atoms with van der Waals surface area (Å²) < 4.78 is 17.1. The number of hydrogen-bond acceptors (Lipinski definition) is 7. The second-order valence-corrected chi connectivity index (χ2v) is 4.74. The quantitative estimate of drug-likeness (QED) is 0.350. The van der Waals surface area contributed by atoms with Crippen LogP contribution in [0.25, 0.3) is 0 Å². The lowest BCUT2D eigenvalue weighted by Crippen LogP contribution is -2.14. The third-order valence-electron chi connectivity index (χ3n) is 3.02. The molecular formula is C15H12FN3O6. The van der Waals surface area contributed by atoms with E-state index in [0.29, 0.717) is 11.3 Å². The van der Waals surface area contributed by atoms with Gasteiger partial charge in [-0.1, -0.05) is 16.6 Å². The summed E-state index contributed by atoms with van der Waals surface area (Å²) in [5, 5.41) is 9.25. The van der Waals surface area contributed by atoms with E-state index in [-0.39, 0.29) is 24.3 Å². The summed E-state index contributed by atoms with van der Waals surface area (Å²) in [6, 6.07) is 8.75. The predicted octanol–water partition coefficient (Wildman–Crippen LogP) is 1.76. The summed E-state index contributed by atoms with van der Waals surface area (Å²) in [4.78, 5) is 41.3. The van der Waals surface area contributed by atoms with Crippen LogP contribution in [0.15, 0.2) is 42.6 Å². The summed E-state index contributed by atoms with van der Waals surface area (Å²) in [7, 11) is 0. The Morgan fingerprint density at radius 1 is 1.20 bits per heavy atom. The highest BCUT2D eigenvalue weighted by molar-refractivity contribution is 5.93. The maximum atomic E-state index is 12.0. The van der Waals surface area contributed by atoms with Crippen molar-refractivity contribution >= 4 is 11.9 Å². The molecule has 0 bridgehead atoms. The van der Waals surface area contributed by atoms with Crippen LogP contribution in [0.3, 0.4) is 0 Å². The van der Waals surface area contributed by atoms with Gasteiger partial charge in [-0.25, -0.2) is 4.79 Å². The van der Waals surface area contributed by atoms with E-state index >= 15 is 0 Å². The highest BCUT2D eigenvalue weighted by Gasteiger charge is 2.10. The first-order valence-corrected chi connectivity index (χ1v) is 6.89. The summed E-state index contributed by atoms with van der Waals surface area (Å²) in [5.41, 5.74) is 1.99. The van der Waals surface area contributed by atoms with E-state index in [1.54, 1.807) is 6.07 Å². The lowest BCUT2D eigenvalue weighted by molar-refractivity contribution is -0.763. The monoisotopic (exact) mass is 349 g/mol. The van der Waals surface area contributed by atoms with Gasteiger partial charge < -0.3 is 9.57 Å². The Hall–Kier alpha value is -3.56. The van der Waals surface area contributed by atoms with Gasteiger partial charge in [0.05, 0.1) is 16.8 Å². The first-order chi connectivity index (χ1) is 12.0. The molecule has 1 heterocycles. The van der Waals surface area contributed by atoms with E-state index in [1.807, 2.05) is 0 Å². The number of amides is 1. The fraction of sp³-hybridized carbons (Fsp3) is 0.133. The number of rotatable bonds is 7. The van der Waals surface area contributed by atoms with Crippen LogP contribution >= 0.6 is 0 Å². The molecule has 1 N–H and O–H groups in total. The van der Waals surface area contributed by atoms with Gasteiger partial charge in [-0.3, -0.25) is 9.78 Å². The average molecular weight is 349 g/mol. The number of carbonyl (C=O) groups is 2. The van der Waals surface area contributed by atoms with Crippen molar-refractivity contribution in [2.24, 2.45) is 0 Å². The first-order valence-electron chi connectivity index (χ1n) is 6.89. The van der Waals surface area contributed by atoms with Gasteiger partial charge >= 0.3 is 5.97 Å². The van der Waals surface area contributed by atoms with Crippen LogP contribution in [0.1, 0.15) is 32.0 Å². The average Bonchev–Trinajstić information content (AvgIpc) is 2.64. The number of benzene rings is 1. The summed E-state index contributed by atoms with van der Waals surface area (Å²) >= 11 is 0. The van der Waals surface area contributed by atoms with Crippen molar-refractivity contribution in [1.82, 2.24) is 10.5 Å². The molecule has 0 radical (unpaired) electrons. The third-order valence-corrected chi connectivity index (χ3v) is 3.02. The molecule has 10 heteroatoms. The number of carbonyl (C=O) groups excluding carboxylic acids is 2. The number of nitrogens with one attached hydrogen (secondary N) is 1. The lowest BCUT2D eigenvalue weighted by atomic mass is 10.1. The number of ether oxygens (including phenoxy) is 1. The Balaban J connectivity index is 1.94. The van der Waals surface area contributed by atoms with Crippen LogP contribution in [0, 0.1) is 10.1 Å². The van der Waals surface area contributed by atoms with Gasteiger partial charge in [0.2, 0.25) is 0 Å². The van der Waals surface area contributed by atoms with Crippen LogP contribution in [0.5, 0.6) is 0 Å². The maximum Gasteiger partial charge on any atom is 0.338 e. The molecule has 2 aromatic rings. The van der Waals surface area contributed by atoms with Gasteiger partial charge in [-0.15, -0.1) is 10.1 Å². The molecule has 0 aliphatic carbocycles. The van der Waals surface area contributed by atoms with Crippen LogP contribution < -0.4 is 5.54 Å². The van der Waals surface area contributed by atoms with E-state index in [4.69, 9.17) is 4.74 Å². The minimum absolute atomic E-state index is 0.0241. The molecule has 2 rings (SSSR count). The molecule has 9 nitrogen and oxygen atoms in total. The summed E-state index contributed by atoms with van der Waals surface area (Å²) in [5.74, 6) is -1.58. The molecular weight excluding hydrogens is 337 g/mol. The van der Waals surface area contributed by atoms with Crippen molar-refractivity contribution in [2.45, 2.75) is 13.2 Å². The maximum absolute atomic E-state index is 12.0. The van der Waals surface area contributed by atoms with Crippen LogP contribution in [0.4, 0.5) is 4.48 Å². The number of pyridine rings is 1. The SMILES string of the molecule is O=C(NF)c1ccc(COC(=O)c2cccc(CO[N+](=O)[O-])c2)nc1. The van der Waals surface area contributed by atoms with Crippen molar-refractivity contribution in [2.75, 3.05) is 0 Å². The van der Waals surface area contributed by atoms with Crippen molar-refractivity contribution < 1.29 is 28.7 Å². The van der Waals surface area contributed by atoms with Crippen LogP contribution in [-0.2, 0) is 22.8 Å². The molecule has 0 aliphatic rings. The normalized spacial score (nSPS) is 9.96. The van der Waals surface area contributed by atoms with Gasteiger partial charge in [0.15, 0.2) is 0 Å². The zero-order chi connectivity index (χ0) is 18.2. The largest absolute Gasteiger partial charge is 0.456 e. The first kappa shape index (κ1) is 17.8. The highest BCUT2D eigenvalue weighted by Crippen LogP contribution is 2.10.